The second-order valence-corrected chi connectivity index (χ2v) is 4.56. The molecule has 1 aromatic rings. The lowest BCUT2D eigenvalue weighted by Crippen LogP contribution is -2.41. The standard InChI is InChI=1S/C13H17F2NO2/c1-7(2)10(6-17)16-13(18)11-9(14)5-4-8(3)12(11)15/h4-5,7,10,17H,6H2,1-3H3,(H,16,18)/t10-/m1/s1. The zero-order valence-corrected chi connectivity index (χ0v) is 10.6. The Morgan fingerprint density at radius 1 is 1.39 bits per heavy atom. The molecule has 1 atom stereocenters. The largest absolute Gasteiger partial charge is 0.394 e. The van der Waals surface area contributed by atoms with Gasteiger partial charge in [0.05, 0.1) is 12.6 Å². The van der Waals surface area contributed by atoms with Gasteiger partial charge in [-0.25, -0.2) is 8.78 Å². The van der Waals surface area contributed by atoms with Crippen molar-refractivity contribution in [2.75, 3.05) is 6.61 Å². The lowest BCUT2D eigenvalue weighted by molar-refractivity contribution is 0.0888. The fourth-order valence-electron chi connectivity index (χ4n) is 1.53. The summed E-state index contributed by atoms with van der Waals surface area (Å²) in [6.07, 6.45) is 0. The van der Waals surface area contributed by atoms with Crippen LogP contribution in [-0.4, -0.2) is 23.7 Å². The SMILES string of the molecule is Cc1ccc(F)c(C(=O)N[C@H](CO)C(C)C)c1F. The summed E-state index contributed by atoms with van der Waals surface area (Å²) < 4.78 is 27.2. The second kappa shape index (κ2) is 5.91. The summed E-state index contributed by atoms with van der Waals surface area (Å²) in [5, 5.41) is 11.5. The Morgan fingerprint density at radius 3 is 2.50 bits per heavy atom. The van der Waals surface area contributed by atoms with Gasteiger partial charge in [0.2, 0.25) is 0 Å². The highest BCUT2D eigenvalue weighted by Gasteiger charge is 2.22. The van der Waals surface area contributed by atoms with Crippen molar-refractivity contribution in [1.29, 1.82) is 0 Å². The van der Waals surface area contributed by atoms with Gasteiger partial charge in [-0.3, -0.25) is 4.79 Å². The summed E-state index contributed by atoms with van der Waals surface area (Å²) in [6, 6.07) is 1.79. The number of aliphatic hydroxyl groups is 1. The van der Waals surface area contributed by atoms with Gasteiger partial charge in [-0.2, -0.15) is 0 Å². The van der Waals surface area contributed by atoms with Crippen LogP contribution in [0.2, 0.25) is 0 Å². The van der Waals surface area contributed by atoms with Crippen molar-refractivity contribution >= 4 is 5.91 Å². The van der Waals surface area contributed by atoms with E-state index in [1.807, 2.05) is 0 Å². The van der Waals surface area contributed by atoms with Gasteiger partial charge in [0.15, 0.2) is 0 Å². The van der Waals surface area contributed by atoms with Crippen molar-refractivity contribution < 1.29 is 18.7 Å². The van der Waals surface area contributed by atoms with E-state index in [4.69, 9.17) is 5.11 Å². The molecular formula is C13H17F2NO2. The summed E-state index contributed by atoms with van der Waals surface area (Å²) in [4.78, 5) is 11.8. The number of hydrogen-bond donors (Lipinski definition) is 2. The minimum absolute atomic E-state index is 0.0325. The molecule has 1 aromatic carbocycles. The number of carbonyl (C=O) groups excluding carboxylic acids is 1. The summed E-state index contributed by atoms with van der Waals surface area (Å²) in [7, 11) is 0. The molecule has 5 heteroatoms. The maximum absolute atomic E-state index is 13.7. The number of aliphatic hydroxyl groups excluding tert-OH is 1. The first-order valence-electron chi connectivity index (χ1n) is 5.74. The molecule has 3 nitrogen and oxygen atoms in total. The molecule has 0 aliphatic heterocycles. The normalized spacial score (nSPS) is 12.6. The van der Waals surface area contributed by atoms with E-state index in [9.17, 15) is 13.6 Å². The van der Waals surface area contributed by atoms with Crippen LogP contribution in [0.25, 0.3) is 0 Å². The van der Waals surface area contributed by atoms with Crippen LogP contribution in [0, 0.1) is 24.5 Å². The molecule has 0 aliphatic carbocycles. The van der Waals surface area contributed by atoms with Crippen LogP contribution in [0.5, 0.6) is 0 Å². The molecular weight excluding hydrogens is 240 g/mol. The molecule has 0 saturated carbocycles. The molecule has 0 heterocycles. The van der Waals surface area contributed by atoms with E-state index in [2.05, 4.69) is 5.32 Å². The Labute approximate surface area is 105 Å². The Balaban J connectivity index is 3.01. The van der Waals surface area contributed by atoms with E-state index >= 15 is 0 Å². The number of hydrogen-bond acceptors (Lipinski definition) is 2. The van der Waals surface area contributed by atoms with Crippen molar-refractivity contribution in [2.24, 2.45) is 5.92 Å². The highest BCUT2D eigenvalue weighted by Crippen LogP contribution is 2.16. The van der Waals surface area contributed by atoms with Crippen LogP contribution in [0.3, 0.4) is 0 Å². The lowest BCUT2D eigenvalue weighted by Gasteiger charge is -2.20. The monoisotopic (exact) mass is 257 g/mol. The van der Waals surface area contributed by atoms with E-state index in [1.54, 1.807) is 13.8 Å². The van der Waals surface area contributed by atoms with Crippen LogP contribution in [0.4, 0.5) is 8.78 Å². The van der Waals surface area contributed by atoms with Gasteiger partial charge in [-0.15, -0.1) is 0 Å². The summed E-state index contributed by atoms with van der Waals surface area (Å²) in [5.41, 5.74) is -0.402. The first kappa shape index (κ1) is 14.6. The zero-order chi connectivity index (χ0) is 13.9. The first-order valence-corrected chi connectivity index (χ1v) is 5.74. The first-order chi connectivity index (χ1) is 8.38. The second-order valence-electron chi connectivity index (χ2n) is 4.56. The van der Waals surface area contributed by atoms with Crippen molar-refractivity contribution in [1.82, 2.24) is 5.32 Å². The third kappa shape index (κ3) is 3.04. The topological polar surface area (TPSA) is 49.3 Å². The maximum atomic E-state index is 13.7. The van der Waals surface area contributed by atoms with E-state index in [0.29, 0.717) is 0 Å². The fourth-order valence-corrected chi connectivity index (χ4v) is 1.53. The van der Waals surface area contributed by atoms with Gasteiger partial charge in [-0.1, -0.05) is 19.9 Å². The van der Waals surface area contributed by atoms with Crippen molar-refractivity contribution in [3.05, 3.63) is 34.9 Å². The highest BCUT2D eigenvalue weighted by molar-refractivity contribution is 5.95. The molecule has 0 saturated heterocycles. The molecule has 100 valence electrons. The number of rotatable bonds is 4. The molecule has 0 bridgehead atoms. The summed E-state index contributed by atoms with van der Waals surface area (Å²) in [5.74, 6) is -2.65. The van der Waals surface area contributed by atoms with Crippen LogP contribution in [0.15, 0.2) is 12.1 Å². The molecule has 2 N–H and O–H groups in total. The summed E-state index contributed by atoms with van der Waals surface area (Å²) >= 11 is 0. The van der Waals surface area contributed by atoms with Gasteiger partial charge in [0, 0.05) is 0 Å². The van der Waals surface area contributed by atoms with Crippen LogP contribution < -0.4 is 5.32 Å². The van der Waals surface area contributed by atoms with E-state index in [-0.39, 0.29) is 18.1 Å². The fraction of sp³-hybridized carbons (Fsp3) is 0.462. The molecule has 1 rings (SSSR count). The van der Waals surface area contributed by atoms with E-state index < -0.39 is 29.1 Å². The number of halogens is 2. The van der Waals surface area contributed by atoms with Crippen LogP contribution >= 0.6 is 0 Å². The molecule has 0 radical (unpaired) electrons. The van der Waals surface area contributed by atoms with E-state index in [0.717, 1.165) is 6.07 Å². The molecule has 0 aliphatic rings. The highest BCUT2D eigenvalue weighted by atomic mass is 19.1. The smallest absolute Gasteiger partial charge is 0.257 e. The van der Waals surface area contributed by atoms with Crippen molar-refractivity contribution in [3.8, 4) is 0 Å². The Kier molecular flexibility index (Phi) is 4.78. The lowest BCUT2D eigenvalue weighted by atomic mass is 10.0. The summed E-state index contributed by atoms with van der Waals surface area (Å²) in [6.45, 7) is 4.77. The van der Waals surface area contributed by atoms with Crippen molar-refractivity contribution in [3.63, 3.8) is 0 Å². The van der Waals surface area contributed by atoms with E-state index in [1.165, 1.54) is 13.0 Å². The number of benzene rings is 1. The Bertz CT molecular complexity index is 447. The molecule has 0 fully saturated rings. The minimum atomic E-state index is -0.906. The van der Waals surface area contributed by atoms with Gasteiger partial charge < -0.3 is 10.4 Å². The quantitative estimate of drug-likeness (QED) is 0.867. The maximum Gasteiger partial charge on any atom is 0.257 e. The average Bonchev–Trinajstić information content (AvgIpc) is 2.31. The predicted octanol–water partition coefficient (Wildman–Crippen LogP) is 2.02. The molecule has 18 heavy (non-hydrogen) atoms. The Hall–Kier alpha value is -1.49. The third-order valence-corrected chi connectivity index (χ3v) is 2.83. The van der Waals surface area contributed by atoms with Gasteiger partial charge >= 0.3 is 0 Å². The number of aryl methyl sites for hydroxylation is 1. The number of amides is 1. The number of carbonyl (C=O) groups is 1. The minimum Gasteiger partial charge on any atom is -0.394 e. The predicted molar refractivity (Wildman–Crippen MR) is 64.3 cm³/mol. The molecule has 0 spiro atoms. The Morgan fingerprint density at radius 2 is 2.00 bits per heavy atom. The molecule has 0 aromatic heterocycles. The van der Waals surface area contributed by atoms with Gasteiger partial charge in [0.25, 0.3) is 5.91 Å². The third-order valence-electron chi connectivity index (χ3n) is 2.83. The zero-order valence-electron chi connectivity index (χ0n) is 10.6. The van der Waals surface area contributed by atoms with Gasteiger partial charge in [-0.05, 0) is 24.5 Å². The molecule has 0 unspecified atom stereocenters. The van der Waals surface area contributed by atoms with Crippen LogP contribution in [0.1, 0.15) is 29.8 Å². The average molecular weight is 257 g/mol. The number of nitrogens with one attached hydrogen (secondary N) is 1. The van der Waals surface area contributed by atoms with Crippen LogP contribution in [-0.2, 0) is 0 Å². The van der Waals surface area contributed by atoms with Gasteiger partial charge in [0.1, 0.15) is 17.2 Å². The van der Waals surface area contributed by atoms with Crippen molar-refractivity contribution in [2.45, 2.75) is 26.8 Å². The molecule has 1 amide bonds.